The van der Waals surface area contributed by atoms with Crippen LogP contribution in [-0.2, 0) is 18.4 Å². The molecule has 0 saturated carbocycles. The highest BCUT2D eigenvalue weighted by atomic mass is 31.2. The van der Waals surface area contributed by atoms with Gasteiger partial charge in [0.2, 0.25) is 5.91 Å². The first-order valence-corrected chi connectivity index (χ1v) is 29.4. The molecule has 0 rings (SSSR count). The van der Waals surface area contributed by atoms with E-state index in [0.717, 1.165) is 44.9 Å². The van der Waals surface area contributed by atoms with E-state index in [2.05, 4.69) is 43.5 Å². The number of unbranched alkanes of at least 4 members (excludes halogenated alkanes) is 34. The first kappa shape index (κ1) is 63.7. The Balaban J connectivity index is 4.26. The molecular weight excluding hydrogens is 828 g/mol. The Hall–Kier alpha value is -1.28. The number of aliphatic hydroxyl groups excluding tert-OH is 1. The van der Waals surface area contributed by atoms with Crippen LogP contribution < -0.4 is 5.32 Å². The maximum Gasteiger partial charge on any atom is 0.472 e. The molecule has 9 heteroatoms. The molecule has 0 aromatic rings. The fourth-order valence-corrected chi connectivity index (χ4v) is 8.93. The number of nitrogens with one attached hydrogen (secondary N) is 1. The van der Waals surface area contributed by atoms with Gasteiger partial charge in [0, 0.05) is 6.42 Å². The summed E-state index contributed by atoms with van der Waals surface area (Å²) in [6.07, 6.45) is 60.9. The molecule has 1 amide bonds. The molecule has 0 aromatic carbocycles. The summed E-state index contributed by atoms with van der Waals surface area (Å²) in [5.41, 5.74) is 0. The molecule has 8 nitrogen and oxygen atoms in total. The number of carbonyl (C=O) groups excluding carboxylic acids is 1. The van der Waals surface area contributed by atoms with Crippen molar-refractivity contribution in [3.63, 3.8) is 0 Å². The highest BCUT2D eigenvalue weighted by Gasteiger charge is 2.27. The topological polar surface area (TPSA) is 105 Å². The molecular formula is C56H110N2O6P+. The fraction of sp³-hybridized carbons (Fsp3) is 0.875. The smallest absolute Gasteiger partial charge is 0.387 e. The van der Waals surface area contributed by atoms with Gasteiger partial charge in [0.1, 0.15) is 13.2 Å². The molecule has 3 unspecified atom stereocenters. The highest BCUT2D eigenvalue weighted by Crippen LogP contribution is 2.43. The van der Waals surface area contributed by atoms with E-state index in [0.29, 0.717) is 17.4 Å². The number of aliphatic hydroxyl groups is 1. The molecule has 0 aliphatic carbocycles. The average molecular weight is 938 g/mol. The number of hydrogen-bond acceptors (Lipinski definition) is 5. The number of rotatable bonds is 51. The second-order valence-electron chi connectivity index (χ2n) is 20.3. The molecule has 3 atom stereocenters. The standard InChI is InChI=1S/C56H109N2O6P/c1-6-8-10-12-14-16-18-20-22-24-26-28-30-31-33-35-37-39-41-43-45-47-49-55(59)54(53-64-65(61,62)63-52-51-58(3,4)5)57-56(60)50-48-46-44-42-40-38-36-34-32-29-27-25-23-21-19-17-15-13-11-9-7-2/h19,21,25,27,47,49,54-55,59H,6-18,20,22-24,26,28-46,48,50-53H2,1-5H3,(H-,57,60,61,62)/p+1/b21-19-,27-25-,49-47+. The lowest BCUT2D eigenvalue weighted by molar-refractivity contribution is -0.870. The molecule has 0 bridgehead atoms. The van der Waals surface area contributed by atoms with E-state index in [-0.39, 0.29) is 19.1 Å². The van der Waals surface area contributed by atoms with Gasteiger partial charge in [0.25, 0.3) is 0 Å². The van der Waals surface area contributed by atoms with Crippen molar-refractivity contribution in [3.8, 4) is 0 Å². The Morgan fingerprint density at radius 2 is 0.877 bits per heavy atom. The van der Waals surface area contributed by atoms with Crippen LogP contribution in [0.1, 0.15) is 264 Å². The molecule has 0 spiro atoms. The van der Waals surface area contributed by atoms with E-state index in [1.165, 1.54) is 199 Å². The molecule has 384 valence electrons. The number of amides is 1. The highest BCUT2D eigenvalue weighted by molar-refractivity contribution is 7.47. The maximum absolute atomic E-state index is 13.0. The molecule has 3 N–H and O–H groups in total. The minimum atomic E-state index is -4.35. The summed E-state index contributed by atoms with van der Waals surface area (Å²) in [4.78, 5) is 23.3. The second kappa shape index (κ2) is 47.8. The molecule has 0 heterocycles. The molecule has 0 fully saturated rings. The van der Waals surface area contributed by atoms with Crippen LogP contribution >= 0.6 is 7.82 Å². The summed E-state index contributed by atoms with van der Waals surface area (Å²) < 4.78 is 23.7. The monoisotopic (exact) mass is 938 g/mol. The quantitative estimate of drug-likeness (QED) is 0.0243. The van der Waals surface area contributed by atoms with Gasteiger partial charge in [0.05, 0.1) is 39.9 Å². The predicted molar refractivity (Wildman–Crippen MR) is 281 cm³/mol. The normalized spacial score (nSPS) is 14.3. The summed E-state index contributed by atoms with van der Waals surface area (Å²) in [7, 11) is 1.57. The Bertz CT molecular complexity index is 1150. The van der Waals surface area contributed by atoms with Gasteiger partial charge in [-0.15, -0.1) is 0 Å². The second-order valence-corrected chi connectivity index (χ2v) is 21.8. The summed E-state index contributed by atoms with van der Waals surface area (Å²) >= 11 is 0. The zero-order valence-corrected chi connectivity index (χ0v) is 44.6. The third kappa shape index (κ3) is 50.4. The summed E-state index contributed by atoms with van der Waals surface area (Å²) in [6, 6.07) is -0.849. The number of likely N-dealkylation sites (N-methyl/N-ethyl adjacent to an activating group) is 1. The van der Waals surface area contributed by atoms with Crippen LogP contribution in [0.5, 0.6) is 0 Å². The van der Waals surface area contributed by atoms with Crippen molar-refractivity contribution in [1.29, 1.82) is 0 Å². The molecule has 0 radical (unpaired) electrons. The van der Waals surface area contributed by atoms with Crippen LogP contribution in [0, 0.1) is 0 Å². The first-order valence-electron chi connectivity index (χ1n) is 27.9. The number of nitrogens with zero attached hydrogens (tertiary/aromatic N) is 1. The lowest BCUT2D eigenvalue weighted by Crippen LogP contribution is -2.45. The van der Waals surface area contributed by atoms with E-state index < -0.39 is 20.0 Å². The Kier molecular flexibility index (Phi) is 46.8. The fourth-order valence-electron chi connectivity index (χ4n) is 8.19. The van der Waals surface area contributed by atoms with Crippen molar-refractivity contribution in [2.45, 2.75) is 276 Å². The number of phosphoric acid groups is 1. The third-order valence-corrected chi connectivity index (χ3v) is 13.6. The Morgan fingerprint density at radius 3 is 1.26 bits per heavy atom. The summed E-state index contributed by atoms with van der Waals surface area (Å²) in [5, 5.41) is 13.9. The molecule has 0 aliphatic heterocycles. The molecule has 65 heavy (non-hydrogen) atoms. The van der Waals surface area contributed by atoms with Crippen molar-refractivity contribution in [2.24, 2.45) is 0 Å². The number of phosphoric ester groups is 1. The minimum Gasteiger partial charge on any atom is -0.387 e. The van der Waals surface area contributed by atoms with Crippen LogP contribution in [0.4, 0.5) is 0 Å². The van der Waals surface area contributed by atoms with Gasteiger partial charge in [-0.2, -0.15) is 0 Å². The summed E-state index contributed by atoms with van der Waals surface area (Å²) in [5.74, 6) is -0.179. The third-order valence-electron chi connectivity index (χ3n) is 12.6. The van der Waals surface area contributed by atoms with Gasteiger partial charge in [-0.1, -0.05) is 243 Å². The lowest BCUT2D eigenvalue weighted by Gasteiger charge is -2.25. The van der Waals surface area contributed by atoms with Gasteiger partial charge in [0.15, 0.2) is 0 Å². The lowest BCUT2D eigenvalue weighted by atomic mass is 10.0. The summed E-state index contributed by atoms with van der Waals surface area (Å²) in [6.45, 7) is 4.83. The minimum absolute atomic E-state index is 0.0610. The number of hydrogen-bond donors (Lipinski definition) is 3. The van der Waals surface area contributed by atoms with Gasteiger partial charge in [-0.3, -0.25) is 13.8 Å². The zero-order valence-electron chi connectivity index (χ0n) is 43.7. The number of quaternary nitrogens is 1. The van der Waals surface area contributed by atoms with Crippen molar-refractivity contribution in [1.82, 2.24) is 5.32 Å². The van der Waals surface area contributed by atoms with Crippen molar-refractivity contribution in [2.75, 3.05) is 40.9 Å². The van der Waals surface area contributed by atoms with Crippen LogP contribution in [0.25, 0.3) is 0 Å². The Labute approximate surface area is 404 Å². The van der Waals surface area contributed by atoms with Gasteiger partial charge < -0.3 is 19.8 Å². The van der Waals surface area contributed by atoms with E-state index in [1.807, 2.05) is 27.2 Å². The number of carbonyl (C=O) groups is 1. The van der Waals surface area contributed by atoms with Crippen molar-refractivity contribution < 1.29 is 32.9 Å². The van der Waals surface area contributed by atoms with E-state index in [4.69, 9.17) is 9.05 Å². The van der Waals surface area contributed by atoms with Crippen LogP contribution in [0.15, 0.2) is 36.5 Å². The van der Waals surface area contributed by atoms with Gasteiger partial charge in [-0.25, -0.2) is 4.57 Å². The van der Waals surface area contributed by atoms with Crippen LogP contribution in [0.3, 0.4) is 0 Å². The van der Waals surface area contributed by atoms with Crippen molar-refractivity contribution >= 4 is 13.7 Å². The van der Waals surface area contributed by atoms with Crippen LogP contribution in [-0.4, -0.2) is 73.4 Å². The van der Waals surface area contributed by atoms with E-state index in [9.17, 15) is 19.4 Å². The molecule has 0 saturated heterocycles. The van der Waals surface area contributed by atoms with Crippen molar-refractivity contribution in [3.05, 3.63) is 36.5 Å². The van der Waals surface area contributed by atoms with E-state index in [1.54, 1.807) is 6.08 Å². The molecule has 0 aromatic heterocycles. The van der Waals surface area contributed by atoms with E-state index >= 15 is 0 Å². The SMILES string of the molecule is CCCCCCC/C=C\C/C=C\CCCCCCCCCCCC(=O)NC(COP(=O)(O)OCC[N+](C)(C)C)C(O)/C=C/CCCCCCCCCCCCCCCCCCCCCC. The largest absolute Gasteiger partial charge is 0.472 e. The van der Waals surface area contributed by atoms with Gasteiger partial charge >= 0.3 is 7.82 Å². The van der Waals surface area contributed by atoms with Gasteiger partial charge in [-0.05, 0) is 51.4 Å². The predicted octanol–water partition coefficient (Wildman–Crippen LogP) is 16.6. The average Bonchev–Trinajstić information content (AvgIpc) is 3.26. The number of allylic oxidation sites excluding steroid dienone is 5. The first-order chi connectivity index (χ1) is 31.5. The zero-order chi connectivity index (χ0) is 47.8. The van der Waals surface area contributed by atoms with Crippen LogP contribution in [0.2, 0.25) is 0 Å². The maximum atomic E-state index is 13.0. The Morgan fingerprint density at radius 1 is 0.523 bits per heavy atom. The molecule has 0 aliphatic rings.